The zero-order chi connectivity index (χ0) is 57.8. The molecule has 0 aromatic heterocycles. The van der Waals surface area contributed by atoms with Gasteiger partial charge in [-0.25, -0.2) is 4.79 Å². The van der Waals surface area contributed by atoms with Gasteiger partial charge in [-0.1, -0.05) is 165 Å². The van der Waals surface area contributed by atoms with Crippen LogP contribution in [0.2, 0.25) is 0 Å². The van der Waals surface area contributed by atoms with Crippen LogP contribution in [0.5, 0.6) is 0 Å². The number of hydrogen-bond donors (Lipinski definition) is 3. The lowest BCUT2D eigenvalue weighted by molar-refractivity contribution is -0.346. The quantitative estimate of drug-likeness (QED) is 0.0279. The number of unbranched alkanes of at least 4 members (excludes halogenated alkanes) is 12. The number of nitrogens with one attached hydrogen (secondary N) is 1. The van der Waals surface area contributed by atoms with Crippen LogP contribution >= 0.6 is 0 Å². The molecule has 11 atom stereocenters. The molecule has 3 N–H and O–H groups in total. The Morgan fingerprint density at radius 3 is 1.82 bits per heavy atom. The first kappa shape index (κ1) is 61.5. The fourth-order valence-electron chi connectivity index (χ4n) is 13.0. The maximum absolute atomic E-state index is 15.8. The van der Waals surface area contributed by atoms with E-state index in [1.165, 1.54) is 77.3 Å². The van der Waals surface area contributed by atoms with Crippen LogP contribution in [0.1, 0.15) is 184 Å². The van der Waals surface area contributed by atoms with Gasteiger partial charge < -0.3 is 44.0 Å². The van der Waals surface area contributed by atoms with Gasteiger partial charge in [0.1, 0.15) is 24.4 Å². The van der Waals surface area contributed by atoms with Crippen molar-refractivity contribution < 1.29 is 72.2 Å². The molecule has 2 bridgehead atoms. The standard InChI is InChI=1S/C64H83NO15/c1-8-9-10-11-12-13-14-15-16-17-18-19-29-36-51(70)78-54(53(44-30-23-20-24-31-44)65-59(72)45-32-25-21-26-33-45)47(68)39-75-48-38-64(74)58(79-60(73)46-34-27-22-28-35-46)56-62(7,49(69)37-50-63(56,40-76-50)80-43(4)67)57(71)55(77-42(3)66)52(41(48)2)61(64,5)6/h20-28,30-35,48-50,53-56,58,69,74H,8-19,29,36-40H2,1-7H3,(H,65,72)/t48-,49-,50+,53-,54-,55+,56-,58-,62+,63-,64+/m0/s1. The number of Topliss-reactive ketones (excluding diaryl/α,β-unsaturated/α-hetero) is 2. The molecule has 0 spiro atoms. The lowest BCUT2D eigenvalue weighted by atomic mass is 9.44. The molecule has 16 nitrogen and oxygen atoms in total. The van der Waals surface area contributed by atoms with Gasteiger partial charge in [0.2, 0.25) is 5.78 Å². The van der Waals surface area contributed by atoms with E-state index in [9.17, 15) is 34.2 Å². The number of rotatable bonds is 27. The van der Waals surface area contributed by atoms with E-state index in [4.69, 9.17) is 28.4 Å². The summed E-state index contributed by atoms with van der Waals surface area (Å²) in [6.07, 6.45) is 4.72. The van der Waals surface area contributed by atoms with Gasteiger partial charge in [-0.2, -0.15) is 0 Å². The number of benzene rings is 3. The Morgan fingerprint density at radius 1 is 0.738 bits per heavy atom. The summed E-state index contributed by atoms with van der Waals surface area (Å²) in [5.74, 6) is -6.85. The number of amides is 1. The molecule has 80 heavy (non-hydrogen) atoms. The van der Waals surface area contributed by atoms with Crippen molar-refractivity contribution in [1.29, 1.82) is 0 Å². The number of carbonyl (C=O) groups excluding carboxylic acids is 7. The number of hydrogen-bond acceptors (Lipinski definition) is 15. The van der Waals surface area contributed by atoms with Gasteiger partial charge in [0.25, 0.3) is 5.91 Å². The number of aliphatic hydroxyl groups is 2. The second kappa shape index (κ2) is 27.1. The zero-order valence-corrected chi connectivity index (χ0v) is 47.7. The van der Waals surface area contributed by atoms with Crippen LogP contribution in [-0.4, -0.2) is 113 Å². The first-order valence-electron chi connectivity index (χ1n) is 28.9. The largest absolute Gasteiger partial charge is 0.455 e. The van der Waals surface area contributed by atoms with Crippen molar-refractivity contribution in [2.24, 2.45) is 16.7 Å². The van der Waals surface area contributed by atoms with Crippen molar-refractivity contribution in [1.82, 2.24) is 5.32 Å². The third-order valence-electron chi connectivity index (χ3n) is 17.5. The van der Waals surface area contributed by atoms with Crippen molar-refractivity contribution in [3.63, 3.8) is 0 Å². The molecule has 1 amide bonds. The van der Waals surface area contributed by atoms with Crippen LogP contribution in [0.25, 0.3) is 0 Å². The SMILES string of the molecule is CCCCCCCCCCCCCCCC(=O)O[C@@H](C(=O)CO[C@H]1C[C@@]2(O)[C@@H](OC(=O)c3ccccc3)[C@@H]3[C@]4(OC(C)=O)CO[C@@H]4C[C@H](O)[C@@]3(C)C(=O)[C@H](OC(C)=O)C(=C1C)C2(C)C)[C@@H](NC(=O)c1ccccc1)c1ccccc1. The molecule has 3 aliphatic carbocycles. The Hall–Kier alpha value is -6.07. The van der Waals surface area contributed by atoms with Gasteiger partial charge in [0.05, 0.1) is 41.8 Å². The highest BCUT2D eigenvalue weighted by Gasteiger charge is 2.78. The van der Waals surface area contributed by atoms with Crippen LogP contribution in [0, 0.1) is 16.7 Å². The Morgan fingerprint density at radius 2 is 1.29 bits per heavy atom. The van der Waals surface area contributed by atoms with Crippen molar-refractivity contribution >= 4 is 41.4 Å². The summed E-state index contributed by atoms with van der Waals surface area (Å²) in [5, 5.41) is 29.2. The van der Waals surface area contributed by atoms with Crippen LogP contribution in [-0.2, 0) is 52.4 Å². The number of fused-ring (bicyclic) bond motifs is 5. The van der Waals surface area contributed by atoms with Crippen molar-refractivity contribution in [3.05, 3.63) is 119 Å². The molecule has 16 heteroatoms. The number of ether oxygens (including phenoxy) is 6. The lowest BCUT2D eigenvalue weighted by Gasteiger charge is -2.67. The van der Waals surface area contributed by atoms with Crippen molar-refractivity contribution in [2.75, 3.05) is 13.2 Å². The molecule has 1 heterocycles. The van der Waals surface area contributed by atoms with Crippen molar-refractivity contribution in [2.45, 2.75) is 205 Å². The smallest absolute Gasteiger partial charge is 0.338 e. The topological polar surface area (TPSA) is 227 Å². The molecule has 4 aliphatic rings. The minimum Gasteiger partial charge on any atom is -0.455 e. The fraction of sp³-hybridized carbons (Fsp3) is 0.578. The van der Waals surface area contributed by atoms with Gasteiger partial charge >= 0.3 is 23.9 Å². The van der Waals surface area contributed by atoms with Crippen molar-refractivity contribution in [3.8, 4) is 0 Å². The maximum Gasteiger partial charge on any atom is 0.338 e. The molecule has 3 aromatic rings. The van der Waals surface area contributed by atoms with E-state index in [1.807, 2.05) is 0 Å². The minimum absolute atomic E-state index is 0.0106. The number of ketones is 2. The van der Waals surface area contributed by atoms with E-state index in [-0.39, 0.29) is 30.6 Å². The highest BCUT2D eigenvalue weighted by molar-refractivity contribution is 5.97. The molecular weight excluding hydrogens is 1020 g/mol. The number of carbonyl (C=O) groups is 7. The Balaban J connectivity index is 1.23. The summed E-state index contributed by atoms with van der Waals surface area (Å²) in [5.41, 5.74) is -6.59. The summed E-state index contributed by atoms with van der Waals surface area (Å²) in [6, 6.07) is 23.8. The van der Waals surface area contributed by atoms with Gasteiger partial charge in [-0.15, -0.1) is 0 Å². The Kier molecular flexibility index (Phi) is 20.9. The van der Waals surface area contributed by atoms with E-state index in [1.54, 1.807) is 99.6 Å². The fourth-order valence-corrected chi connectivity index (χ4v) is 13.0. The average Bonchev–Trinajstić information content (AvgIpc) is 3.47. The van der Waals surface area contributed by atoms with Crippen LogP contribution in [0.15, 0.2) is 102 Å². The summed E-state index contributed by atoms with van der Waals surface area (Å²) < 4.78 is 37.4. The molecule has 3 aromatic carbocycles. The predicted molar refractivity (Wildman–Crippen MR) is 297 cm³/mol. The van der Waals surface area contributed by atoms with E-state index >= 15 is 9.59 Å². The van der Waals surface area contributed by atoms with Gasteiger partial charge in [-0.05, 0) is 61.2 Å². The monoisotopic (exact) mass is 1110 g/mol. The van der Waals surface area contributed by atoms with E-state index in [2.05, 4.69) is 12.2 Å². The zero-order valence-electron chi connectivity index (χ0n) is 47.7. The molecule has 3 fully saturated rings. The maximum atomic E-state index is 15.8. The third kappa shape index (κ3) is 13.3. The van der Waals surface area contributed by atoms with Crippen LogP contribution in [0.3, 0.4) is 0 Å². The molecule has 2 saturated carbocycles. The molecule has 0 unspecified atom stereocenters. The predicted octanol–water partition coefficient (Wildman–Crippen LogP) is 9.81. The minimum atomic E-state index is -2.34. The first-order valence-corrected chi connectivity index (χ1v) is 28.9. The average molecular weight is 1110 g/mol. The van der Waals surface area contributed by atoms with Gasteiger partial charge in [-0.3, -0.25) is 28.8 Å². The number of esters is 4. The highest BCUT2D eigenvalue weighted by Crippen LogP contribution is 2.64. The number of aliphatic hydroxyl groups excluding tert-OH is 1. The third-order valence-corrected chi connectivity index (χ3v) is 17.5. The van der Waals surface area contributed by atoms with E-state index in [0.717, 1.165) is 32.6 Å². The van der Waals surface area contributed by atoms with Gasteiger partial charge in [0, 0.05) is 44.1 Å². The normalized spacial score (nSPS) is 27.3. The molecule has 0 radical (unpaired) electrons. The second-order valence-electron chi connectivity index (χ2n) is 23.2. The van der Waals surface area contributed by atoms with Crippen LogP contribution < -0.4 is 5.32 Å². The molecule has 434 valence electrons. The van der Waals surface area contributed by atoms with E-state index in [0.29, 0.717) is 23.1 Å². The van der Waals surface area contributed by atoms with E-state index < -0.39 is 125 Å². The molecule has 1 aliphatic heterocycles. The first-order chi connectivity index (χ1) is 38.2. The Bertz CT molecular complexity index is 2670. The second-order valence-corrected chi connectivity index (χ2v) is 23.2. The molecule has 1 saturated heterocycles. The molecular formula is C64H83NO15. The summed E-state index contributed by atoms with van der Waals surface area (Å²) in [6.45, 7) is 9.72. The Labute approximate surface area is 471 Å². The molecule has 7 rings (SSSR count). The lowest BCUT2D eigenvalue weighted by Crippen LogP contribution is -2.82. The van der Waals surface area contributed by atoms with Gasteiger partial charge in [0.15, 0.2) is 23.6 Å². The summed E-state index contributed by atoms with van der Waals surface area (Å²) >= 11 is 0. The summed E-state index contributed by atoms with van der Waals surface area (Å²) in [7, 11) is 0. The van der Waals surface area contributed by atoms with Crippen LogP contribution in [0.4, 0.5) is 0 Å². The highest BCUT2D eigenvalue weighted by atomic mass is 16.6. The summed E-state index contributed by atoms with van der Waals surface area (Å²) in [4.78, 5) is 99.8.